The summed E-state index contributed by atoms with van der Waals surface area (Å²) in [7, 11) is 0. The number of anilines is 2. The fourth-order valence-corrected chi connectivity index (χ4v) is 3.06. The van der Waals surface area contributed by atoms with Gasteiger partial charge in [0.25, 0.3) is 5.91 Å². The quantitative estimate of drug-likeness (QED) is 0.811. The maximum Gasteiger partial charge on any atom is 0.258 e. The fraction of sp³-hybridized carbons (Fsp3) is 0.235. The molecule has 0 spiro atoms. The van der Waals surface area contributed by atoms with Gasteiger partial charge in [-0.15, -0.1) is 0 Å². The lowest BCUT2D eigenvalue weighted by molar-refractivity contribution is 0.0986. The van der Waals surface area contributed by atoms with E-state index in [-0.39, 0.29) is 11.7 Å². The van der Waals surface area contributed by atoms with Crippen molar-refractivity contribution in [3.8, 4) is 5.75 Å². The first kappa shape index (κ1) is 13.1. The van der Waals surface area contributed by atoms with E-state index in [1.54, 1.807) is 4.90 Å². The average molecular weight is 298 g/mol. The van der Waals surface area contributed by atoms with Gasteiger partial charge in [0.2, 0.25) is 0 Å². The number of halogens is 1. The van der Waals surface area contributed by atoms with Crippen molar-refractivity contribution in [2.45, 2.75) is 0 Å². The van der Waals surface area contributed by atoms with Crippen LogP contribution in [0.5, 0.6) is 5.75 Å². The van der Waals surface area contributed by atoms with Crippen LogP contribution in [-0.2, 0) is 0 Å². The van der Waals surface area contributed by atoms with Crippen LogP contribution in [0.4, 0.5) is 15.8 Å². The van der Waals surface area contributed by atoms with E-state index in [1.807, 2.05) is 18.2 Å². The van der Waals surface area contributed by atoms with E-state index in [0.29, 0.717) is 18.7 Å². The Balaban J connectivity index is 1.75. The molecule has 1 amide bonds. The lowest BCUT2D eigenvalue weighted by atomic mass is 10.1. The van der Waals surface area contributed by atoms with Gasteiger partial charge in [0.15, 0.2) is 0 Å². The largest absolute Gasteiger partial charge is 0.489 e. The number of carbonyl (C=O) groups is 1. The normalized spacial score (nSPS) is 16.0. The van der Waals surface area contributed by atoms with Crippen molar-refractivity contribution in [3.05, 3.63) is 53.8 Å². The van der Waals surface area contributed by atoms with Crippen LogP contribution in [0, 0.1) is 5.82 Å². The van der Waals surface area contributed by atoms with Gasteiger partial charge in [0, 0.05) is 18.7 Å². The second kappa shape index (κ2) is 5.02. The second-order valence-electron chi connectivity index (χ2n) is 5.42. The van der Waals surface area contributed by atoms with E-state index < -0.39 is 0 Å². The van der Waals surface area contributed by atoms with Crippen molar-refractivity contribution in [2.75, 3.05) is 36.0 Å². The Kier molecular flexibility index (Phi) is 2.99. The van der Waals surface area contributed by atoms with Crippen LogP contribution in [0.2, 0.25) is 0 Å². The molecule has 2 aromatic rings. The molecular weight excluding hydrogens is 283 g/mol. The maximum absolute atomic E-state index is 13.0. The molecule has 4 rings (SSSR count). The van der Waals surface area contributed by atoms with Crippen LogP contribution in [0.15, 0.2) is 42.5 Å². The van der Waals surface area contributed by atoms with Crippen molar-refractivity contribution in [2.24, 2.45) is 0 Å². The zero-order valence-electron chi connectivity index (χ0n) is 12.0. The molecule has 0 aromatic heterocycles. The lowest BCUT2D eigenvalue weighted by Gasteiger charge is -2.41. The molecule has 0 saturated carbocycles. The lowest BCUT2D eigenvalue weighted by Crippen LogP contribution is -2.47. The van der Waals surface area contributed by atoms with E-state index in [1.165, 1.54) is 24.3 Å². The van der Waals surface area contributed by atoms with Gasteiger partial charge < -0.3 is 14.5 Å². The van der Waals surface area contributed by atoms with Gasteiger partial charge in [-0.2, -0.15) is 0 Å². The predicted octanol–water partition coefficient (Wildman–Crippen LogP) is 2.68. The summed E-state index contributed by atoms with van der Waals surface area (Å²) in [6, 6.07) is 11.4. The minimum Gasteiger partial charge on any atom is -0.489 e. The highest BCUT2D eigenvalue weighted by molar-refractivity contribution is 6.09. The summed E-state index contributed by atoms with van der Waals surface area (Å²) < 4.78 is 18.7. The van der Waals surface area contributed by atoms with Crippen molar-refractivity contribution in [1.82, 2.24) is 0 Å². The Labute approximate surface area is 127 Å². The smallest absolute Gasteiger partial charge is 0.258 e. The molecule has 0 radical (unpaired) electrons. The van der Waals surface area contributed by atoms with Crippen LogP contribution in [0.25, 0.3) is 0 Å². The molecule has 2 aromatic carbocycles. The summed E-state index contributed by atoms with van der Waals surface area (Å²) in [4.78, 5) is 16.7. The van der Waals surface area contributed by atoms with E-state index >= 15 is 0 Å². The second-order valence-corrected chi connectivity index (χ2v) is 5.42. The van der Waals surface area contributed by atoms with Crippen LogP contribution in [0.1, 0.15) is 10.4 Å². The van der Waals surface area contributed by atoms with Gasteiger partial charge in [0.05, 0.1) is 12.2 Å². The molecule has 0 fully saturated rings. The minimum atomic E-state index is -0.341. The zero-order valence-corrected chi connectivity index (χ0v) is 12.0. The SMILES string of the molecule is O=C(c1ccc(F)cc1)N1CCN2CCOc3cccc1c32. The summed E-state index contributed by atoms with van der Waals surface area (Å²) >= 11 is 0. The molecule has 0 bridgehead atoms. The first-order valence-electron chi connectivity index (χ1n) is 7.32. The van der Waals surface area contributed by atoms with Crippen molar-refractivity contribution in [1.29, 1.82) is 0 Å². The van der Waals surface area contributed by atoms with Gasteiger partial charge in [-0.3, -0.25) is 4.79 Å². The Morgan fingerprint density at radius 3 is 2.68 bits per heavy atom. The molecule has 0 N–H and O–H groups in total. The van der Waals surface area contributed by atoms with Crippen LogP contribution < -0.4 is 14.5 Å². The first-order chi connectivity index (χ1) is 10.7. The molecule has 112 valence electrons. The standard InChI is InChI=1S/C17H15FN2O2/c18-13-6-4-12(5-7-13)17(21)20-9-8-19-10-11-22-15-3-1-2-14(20)16(15)19/h1-7H,8-11H2. The highest BCUT2D eigenvalue weighted by Gasteiger charge is 2.31. The predicted molar refractivity (Wildman–Crippen MR) is 82.2 cm³/mol. The topological polar surface area (TPSA) is 32.8 Å². The van der Waals surface area contributed by atoms with Crippen molar-refractivity contribution >= 4 is 17.3 Å². The number of rotatable bonds is 1. The molecule has 2 aliphatic rings. The van der Waals surface area contributed by atoms with E-state index in [4.69, 9.17) is 4.74 Å². The van der Waals surface area contributed by atoms with Crippen molar-refractivity contribution < 1.29 is 13.9 Å². The number of carbonyl (C=O) groups excluding carboxylic acids is 1. The fourth-order valence-electron chi connectivity index (χ4n) is 3.06. The van der Waals surface area contributed by atoms with Gasteiger partial charge in [0.1, 0.15) is 23.9 Å². The van der Waals surface area contributed by atoms with Gasteiger partial charge in [-0.1, -0.05) is 6.07 Å². The summed E-state index contributed by atoms with van der Waals surface area (Å²) in [5, 5.41) is 0. The molecule has 4 nitrogen and oxygen atoms in total. The summed E-state index contributed by atoms with van der Waals surface area (Å²) in [5.41, 5.74) is 2.33. The summed E-state index contributed by atoms with van der Waals surface area (Å²) in [6.07, 6.45) is 0. The monoisotopic (exact) mass is 298 g/mol. The Morgan fingerprint density at radius 2 is 1.86 bits per heavy atom. The molecule has 0 unspecified atom stereocenters. The number of hydrogen-bond donors (Lipinski definition) is 0. The number of para-hydroxylation sites is 1. The molecule has 0 aliphatic carbocycles. The summed E-state index contributed by atoms with van der Waals surface area (Å²) in [6.45, 7) is 2.90. The molecule has 2 aliphatic heterocycles. The molecule has 0 atom stereocenters. The Hall–Kier alpha value is -2.56. The van der Waals surface area contributed by atoms with E-state index in [0.717, 1.165) is 30.2 Å². The maximum atomic E-state index is 13.0. The van der Waals surface area contributed by atoms with Crippen LogP contribution in [-0.4, -0.2) is 32.1 Å². The third-order valence-electron chi connectivity index (χ3n) is 4.13. The highest BCUT2D eigenvalue weighted by Crippen LogP contribution is 2.42. The molecular formula is C17H15FN2O2. The number of benzene rings is 2. The zero-order chi connectivity index (χ0) is 15.1. The van der Waals surface area contributed by atoms with Crippen LogP contribution >= 0.6 is 0 Å². The average Bonchev–Trinajstić information content (AvgIpc) is 2.56. The Morgan fingerprint density at radius 1 is 1.05 bits per heavy atom. The first-order valence-corrected chi connectivity index (χ1v) is 7.32. The van der Waals surface area contributed by atoms with Gasteiger partial charge in [-0.25, -0.2) is 4.39 Å². The number of hydrogen-bond acceptors (Lipinski definition) is 3. The van der Waals surface area contributed by atoms with Crippen LogP contribution in [0.3, 0.4) is 0 Å². The van der Waals surface area contributed by atoms with Gasteiger partial charge >= 0.3 is 0 Å². The molecule has 0 saturated heterocycles. The van der Waals surface area contributed by atoms with Crippen molar-refractivity contribution in [3.63, 3.8) is 0 Å². The summed E-state index contributed by atoms with van der Waals surface area (Å²) in [5.74, 6) is 0.367. The number of nitrogens with zero attached hydrogens (tertiary/aromatic N) is 2. The number of amides is 1. The van der Waals surface area contributed by atoms with E-state index in [2.05, 4.69) is 4.90 Å². The third-order valence-corrected chi connectivity index (χ3v) is 4.13. The Bertz CT molecular complexity index is 730. The van der Waals surface area contributed by atoms with E-state index in [9.17, 15) is 9.18 Å². The highest BCUT2D eigenvalue weighted by atomic mass is 19.1. The molecule has 2 heterocycles. The number of ether oxygens (including phenoxy) is 1. The minimum absolute atomic E-state index is 0.112. The van der Waals surface area contributed by atoms with Gasteiger partial charge in [-0.05, 0) is 36.4 Å². The molecule has 22 heavy (non-hydrogen) atoms. The molecule has 5 heteroatoms. The third kappa shape index (κ3) is 2.01.